The molecule has 1 aliphatic rings. The number of hydrogen-bond acceptors (Lipinski definition) is 5. The van der Waals surface area contributed by atoms with Crippen molar-refractivity contribution < 1.29 is 14.3 Å². The minimum atomic E-state index is -0.453. The summed E-state index contributed by atoms with van der Waals surface area (Å²) < 4.78 is 5.74. The number of nitrogens with one attached hydrogen (secondary N) is 1. The molecule has 1 fully saturated rings. The molecular weight excluding hydrogens is 392 g/mol. The van der Waals surface area contributed by atoms with Crippen LogP contribution in [0.2, 0.25) is 5.02 Å². The van der Waals surface area contributed by atoms with Crippen molar-refractivity contribution in [2.45, 2.75) is 26.7 Å². The van der Waals surface area contributed by atoms with Gasteiger partial charge in [-0.3, -0.25) is 9.59 Å². The molecule has 0 spiro atoms. The van der Waals surface area contributed by atoms with Crippen molar-refractivity contribution in [3.8, 4) is 0 Å². The zero-order valence-corrected chi connectivity index (χ0v) is 17.3. The molecule has 0 unspecified atom stereocenters. The molecule has 1 N–H and O–H groups in total. The molecule has 1 aromatic rings. The predicted molar refractivity (Wildman–Crippen MR) is 111 cm³/mol. The van der Waals surface area contributed by atoms with Crippen LogP contribution in [0.15, 0.2) is 18.2 Å². The Morgan fingerprint density at radius 1 is 1.38 bits per heavy atom. The summed E-state index contributed by atoms with van der Waals surface area (Å²) in [5.41, 5.74) is 1.49. The number of amides is 1. The smallest absolute Gasteiger partial charge is 0.316 e. The first kappa shape index (κ1) is 21.0. The molecule has 1 saturated heterocycles. The number of halogens is 1. The van der Waals surface area contributed by atoms with E-state index >= 15 is 0 Å². The molecule has 142 valence electrons. The van der Waals surface area contributed by atoms with Crippen LogP contribution in [0.1, 0.15) is 25.3 Å². The van der Waals surface area contributed by atoms with Crippen LogP contribution in [-0.2, 0) is 14.3 Å². The number of likely N-dealkylation sites (tertiary alicyclic amines) is 1. The molecule has 0 radical (unpaired) electrons. The molecule has 0 bridgehead atoms. The molecule has 2 rings (SSSR count). The predicted octanol–water partition coefficient (Wildman–Crippen LogP) is 3.88. The largest absolute Gasteiger partial charge is 0.455 e. The molecule has 8 heteroatoms. The molecule has 0 aliphatic carbocycles. The van der Waals surface area contributed by atoms with Crippen molar-refractivity contribution in [2.75, 3.05) is 30.8 Å². The summed E-state index contributed by atoms with van der Waals surface area (Å²) in [6.07, 6.45) is 2.24. The van der Waals surface area contributed by atoms with Gasteiger partial charge in [0.1, 0.15) is 4.32 Å². The zero-order chi connectivity index (χ0) is 19.1. The van der Waals surface area contributed by atoms with Gasteiger partial charge in [0.2, 0.25) is 0 Å². The summed E-state index contributed by atoms with van der Waals surface area (Å²) in [5, 5.41) is 3.30. The van der Waals surface area contributed by atoms with Gasteiger partial charge in [-0.05, 0) is 49.4 Å². The van der Waals surface area contributed by atoms with Crippen molar-refractivity contribution in [3.05, 3.63) is 28.8 Å². The first-order valence-electron chi connectivity index (χ1n) is 8.48. The van der Waals surface area contributed by atoms with Crippen LogP contribution in [-0.4, -0.2) is 46.5 Å². The van der Waals surface area contributed by atoms with Crippen LogP contribution >= 0.6 is 35.6 Å². The van der Waals surface area contributed by atoms with Crippen LogP contribution in [0.5, 0.6) is 0 Å². The summed E-state index contributed by atoms with van der Waals surface area (Å²) in [7, 11) is 0. The van der Waals surface area contributed by atoms with Gasteiger partial charge >= 0.3 is 5.97 Å². The number of thioether (sulfide) groups is 1. The third kappa shape index (κ3) is 6.78. The molecule has 5 nitrogen and oxygen atoms in total. The lowest BCUT2D eigenvalue weighted by molar-refractivity contribution is -0.144. The van der Waals surface area contributed by atoms with E-state index in [2.05, 4.69) is 17.1 Å². The minimum Gasteiger partial charge on any atom is -0.455 e. The van der Waals surface area contributed by atoms with E-state index in [1.54, 1.807) is 18.2 Å². The number of hydrogen-bond donors (Lipinski definition) is 1. The molecule has 0 aromatic heterocycles. The SMILES string of the molecule is Cc1cc(Cl)ccc1NC(=O)COC(=O)CSC(=S)N1CCC(C)CC1. The van der Waals surface area contributed by atoms with E-state index in [4.69, 9.17) is 28.6 Å². The van der Waals surface area contributed by atoms with E-state index < -0.39 is 5.97 Å². The van der Waals surface area contributed by atoms with Crippen molar-refractivity contribution in [2.24, 2.45) is 5.92 Å². The van der Waals surface area contributed by atoms with Gasteiger partial charge in [0.25, 0.3) is 5.91 Å². The van der Waals surface area contributed by atoms with E-state index in [0.717, 1.165) is 41.7 Å². The van der Waals surface area contributed by atoms with Crippen LogP contribution < -0.4 is 5.32 Å². The van der Waals surface area contributed by atoms with Crippen molar-refractivity contribution in [1.29, 1.82) is 0 Å². The average molecular weight is 415 g/mol. The Kier molecular flexibility index (Phi) is 8.18. The fraction of sp³-hybridized carbons (Fsp3) is 0.500. The van der Waals surface area contributed by atoms with Gasteiger partial charge < -0.3 is 15.0 Å². The maximum atomic E-state index is 11.9. The van der Waals surface area contributed by atoms with Crippen LogP contribution in [0.4, 0.5) is 5.69 Å². The molecule has 1 aromatic carbocycles. The number of rotatable bonds is 5. The van der Waals surface area contributed by atoms with Gasteiger partial charge in [0.15, 0.2) is 6.61 Å². The Labute approximate surface area is 168 Å². The third-order valence-electron chi connectivity index (χ3n) is 4.18. The normalized spacial score (nSPS) is 14.8. The first-order chi connectivity index (χ1) is 12.3. The Hall–Kier alpha value is -1.31. The fourth-order valence-corrected chi connectivity index (χ4v) is 3.82. The lowest BCUT2D eigenvalue weighted by Crippen LogP contribution is -2.36. The molecule has 1 aliphatic heterocycles. The van der Waals surface area contributed by atoms with Gasteiger partial charge in [-0.2, -0.15) is 0 Å². The second-order valence-electron chi connectivity index (χ2n) is 6.39. The van der Waals surface area contributed by atoms with E-state index in [1.165, 1.54) is 11.8 Å². The second kappa shape index (κ2) is 10.1. The standard InChI is InChI=1S/C18H23ClN2O3S2/c1-12-5-7-21(8-6-12)18(25)26-11-17(23)24-10-16(22)20-15-4-3-14(19)9-13(15)2/h3-4,9,12H,5-8,10-11H2,1-2H3,(H,20,22). The van der Waals surface area contributed by atoms with E-state index in [0.29, 0.717) is 10.7 Å². The molecule has 0 saturated carbocycles. The highest BCUT2D eigenvalue weighted by atomic mass is 35.5. The average Bonchev–Trinajstić information content (AvgIpc) is 2.61. The number of benzene rings is 1. The maximum Gasteiger partial charge on any atom is 0.316 e. The summed E-state index contributed by atoms with van der Waals surface area (Å²) in [4.78, 5) is 25.9. The monoisotopic (exact) mass is 414 g/mol. The first-order valence-corrected chi connectivity index (χ1v) is 10.3. The van der Waals surface area contributed by atoms with Gasteiger partial charge in [0, 0.05) is 23.8 Å². The molecule has 0 atom stereocenters. The Balaban J connectivity index is 1.68. The lowest BCUT2D eigenvalue weighted by atomic mass is 10.00. The van der Waals surface area contributed by atoms with Crippen molar-refractivity contribution in [3.63, 3.8) is 0 Å². The number of thiocarbonyl (C=S) groups is 1. The van der Waals surface area contributed by atoms with Crippen molar-refractivity contribution in [1.82, 2.24) is 4.90 Å². The summed E-state index contributed by atoms with van der Waals surface area (Å²) >= 11 is 12.5. The topological polar surface area (TPSA) is 58.6 Å². The summed E-state index contributed by atoms with van der Waals surface area (Å²) in [6, 6.07) is 5.16. The van der Waals surface area contributed by atoms with Gasteiger partial charge in [-0.25, -0.2) is 0 Å². The number of piperidine rings is 1. The zero-order valence-electron chi connectivity index (χ0n) is 14.9. The van der Waals surface area contributed by atoms with E-state index in [1.807, 2.05) is 6.92 Å². The number of carbonyl (C=O) groups excluding carboxylic acids is 2. The van der Waals surface area contributed by atoms with Crippen LogP contribution in [0.25, 0.3) is 0 Å². The number of carbonyl (C=O) groups is 2. The fourth-order valence-electron chi connectivity index (χ4n) is 2.54. The van der Waals surface area contributed by atoms with Crippen molar-refractivity contribution >= 4 is 57.5 Å². The molecule has 1 amide bonds. The summed E-state index contributed by atoms with van der Waals surface area (Å²) in [6.45, 7) is 5.62. The summed E-state index contributed by atoms with van der Waals surface area (Å²) in [5.74, 6) is -0.00289. The van der Waals surface area contributed by atoms with Crippen LogP contribution in [0, 0.1) is 12.8 Å². The Morgan fingerprint density at radius 2 is 2.08 bits per heavy atom. The molecule has 26 heavy (non-hydrogen) atoms. The molecule has 1 heterocycles. The van der Waals surface area contributed by atoms with Crippen LogP contribution in [0.3, 0.4) is 0 Å². The minimum absolute atomic E-state index is 0.109. The number of esters is 1. The Bertz CT molecular complexity index is 676. The highest BCUT2D eigenvalue weighted by Gasteiger charge is 2.19. The molecular formula is C18H23ClN2O3S2. The maximum absolute atomic E-state index is 11.9. The number of nitrogens with zero attached hydrogens (tertiary/aromatic N) is 1. The number of aryl methyl sites for hydroxylation is 1. The number of ether oxygens (including phenoxy) is 1. The van der Waals surface area contributed by atoms with Gasteiger partial charge in [-0.1, -0.05) is 42.5 Å². The highest BCUT2D eigenvalue weighted by Crippen LogP contribution is 2.21. The van der Waals surface area contributed by atoms with E-state index in [9.17, 15) is 9.59 Å². The lowest BCUT2D eigenvalue weighted by Gasteiger charge is -2.31. The van der Waals surface area contributed by atoms with Gasteiger partial charge in [0.05, 0.1) is 5.75 Å². The number of anilines is 1. The van der Waals surface area contributed by atoms with Gasteiger partial charge in [-0.15, -0.1) is 0 Å². The third-order valence-corrected chi connectivity index (χ3v) is 5.91. The second-order valence-corrected chi connectivity index (χ2v) is 8.44. The highest BCUT2D eigenvalue weighted by molar-refractivity contribution is 8.23. The quantitative estimate of drug-likeness (QED) is 0.582. The Morgan fingerprint density at radius 3 is 2.73 bits per heavy atom. The van der Waals surface area contributed by atoms with E-state index in [-0.39, 0.29) is 18.3 Å².